The van der Waals surface area contributed by atoms with E-state index in [0.29, 0.717) is 23.4 Å². The Labute approximate surface area is 189 Å². The molecule has 0 radical (unpaired) electrons. The van der Waals surface area contributed by atoms with Crippen molar-refractivity contribution in [3.8, 4) is 6.07 Å². The Hall–Kier alpha value is -3.09. The molecule has 3 N–H and O–H groups in total. The van der Waals surface area contributed by atoms with Gasteiger partial charge in [0.25, 0.3) is 12.3 Å². The molecule has 1 aliphatic heterocycles. The number of hydrogen-bond donors (Lipinski definition) is 3. The maximum atomic E-state index is 13.3. The fraction of sp³-hybridized carbons (Fsp3) is 0.364. The molecule has 168 valence electrons. The molecule has 0 saturated carbocycles. The number of rotatable bonds is 6. The average Bonchev–Trinajstić information content (AvgIpc) is 2.77. The molecule has 1 aliphatic rings. The molecule has 0 bridgehead atoms. The van der Waals surface area contributed by atoms with E-state index in [1.165, 1.54) is 12.1 Å². The highest BCUT2D eigenvalue weighted by Crippen LogP contribution is 2.27. The summed E-state index contributed by atoms with van der Waals surface area (Å²) in [6.45, 7) is 3.88. The molecule has 32 heavy (non-hydrogen) atoms. The Morgan fingerprint density at radius 2 is 2.09 bits per heavy atom. The summed E-state index contributed by atoms with van der Waals surface area (Å²) in [5, 5.41) is 22.6. The number of alkyl halides is 2. The van der Waals surface area contributed by atoms with Crippen LogP contribution >= 0.6 is 11.6 Å². The van der Waals surface area contributed by atoms with Crippen molar-refractivity contribution in [1.29, 1.82) is 10.7 Å². The van der Waals surface area contributed by atoms with E-state index >= 15 is 0 Å². The van der Waals surface area contributed by atoms with E-state index < -0.39 is 18.0 Å². The first-order valence-electron chi connectivity index (χ1n) is 10.00. The first-order chi connectivity index (χ1) is 15.2. The molecule has 1 aromatic carbocycles. The summed E-state index contributed by atoms with van der Waals surface area (Å²) in [6.07, 6.45) is -0.702. The summed E-state index contributed by atoms with van der Waals surface area (Å²) in [4.78, 5) is 16.8. The number of carbonyl (C=O) groups is 1. The summed E-state index contributed by atoms with van der Waals surface area (Å²) in [6, 6.07) is 6.33. The van der Waals surface area contributed by atoms with E-state index in [9.17, 15) is 18.8 Å². The number of anilines is 2. The van der Waals surface area contributed by atoms with Crippen LogP contribution in [-0.4, -0.2) is 35.9 Å². The largest absolute Gasteiger partial charge is 0.360 e. The smallest absolute Gasteiger partial charge is 0.280 e. The van der Waals surface area contributed by atoms with Gasteiger partial charge in [-0.3, -0.25) is 10.2 Å². The van der Waals surface area contributed by atoms with E-state index in [1.807, 2.05) is 6.07 Å². The van der Waals surface area contributed by atoms with E-state index in [4.69, 9.17) is 21.7 Å². The fourth-order valence-corrected chi connectivity index (χ4v) is 3.68. The minimum absolute atomic E-state index is 0.0230. The molecule has 2 aromatic rings. The van der Waals surface area contributed by atoms with E-state index in [0.717, 1.165) is 19.3 Å². The third-order valence-electron chi connectivity index (χ3n) is 5.32. The van der Waals surface area contributed by atoms with Crippen LogP contribution in [0.4, 0.5) is 20.2 Å². The number of halogens is 3. The zero-order valence-corrected chi connectivity index (χ0v) is 18.3. The second kappa shape index (κ2) is 10.0. The predicted octanol–water partition coefficient (Wildman–Crippen LogP) is 5.05. The van der Waals surface area contributed by atoms with Gasteiger partial charge >= 0.3 is 0 Å². The standard InChI is InChI=1S/C22H22ClF2N5O2/c1-11-12(2)19(30-20(23)15(11)10-26)22(31)28-13-6-7-16(14(9-13)18(27)21(24)25)29-17-5-3-4-8-32-17/h6-7,9,17,21,27,29H,3-5,8H2,1-2H3,(H,28,31). The minimum Gasteiger partial charge on any atom is -0.360 e. The molecule has 0 aliphatic carbocycles. The van der Waals surface area contributed by atoms with E-state index in [2.05, 4.69) is 15.6 Å². The van der Waals surface area contributed by atoms with Crippen LogP contribution in [0, 0.1) is 30.6 Å². The minimum atomic E-state index is -2.99. The van der Waals surface area contributed by atoms with Crippen molar-refractivity contribution in [3.05, 3.63) is 51.3 Å². The van der Waals surface area contributed by atoms with Gasteiger partial charge in [0.05, 0.1) is 5.56 Å². The molecule has 3 rings (SSSR count). The van der Waals surface area contributed by atoms with Crippen LogP contribution in [0.3, 0.4) is 0 Å². The normalized spacial score (nSPS) is 15.8. The number of amides is 1. The molecule has 2 heterocycles. The van der Waals surface area contributed by atoms with Crippen LogP contribution in [0.25, 0.3) is 0 Å². The highest BCUT2D eigenvalue weighted by molar-refractivity contribution is 6.31. The summed E-state index contributed by atoms with van der Waals surface area (Å²) >= 11 is 6.02. The lowest BCUT2D eigenvalue weighted by Gasteiger charge is -2.26. The molecule has 7 nitrogen and oxygen atoms in total. The topological polar surface area (TPSA) is 111 Å². The highest BCUT2D eigenvalue weighted by atomic mass is 35.5. The third kappa shape index (κ3) is 5.03. The van der Waals surface area contributed by atoms with Gasteiger partial charge in [-0.15, -0.1) is 0 Å². The van der Waals surface area contributed by atoms with Crippen molar-refractivity contribution in [2.75, 3.05) is 17.2 Å². The lowest BCUT2D eigenvalue weighted by Crippen LogP contribution is -2.28. The molecule has 1 unspecified atom stereocenters. The Morgan fingerprint density at radius 1 is 1.34 bits per heavy atom. The lowest BCUT2D eigenvalue weighted by atomic mass is 10.0. The van der Waals surface area contributed by atoms with Gasteiger partial charge < -0.3 is 15.4 Å². The van der Waals surface area contributed by atoms with E-state index in [1.54, 1.807) is 19.9 Å². The maximum absolute atomic E-state index is 13.3. The first kappa shape index (κ1) is 23.6. The second-order valence-electron chi connectivity index (χ2n) is 7.42. The number of ether oxygens (including phenoxy) is 1. The number of nitrogens with zero attached hydrogens (tertiary/aromatic N) is 2. The van der Waals surface area contributed by atoms with Crippen molar-refractivity contribution in [3.63, 3.8) is 0 Å². The molecule has 10 heteroatoms. The second-order valence-corrected chi connectivity index (χ2v) is 7.77. The van der Waals surface area contributed by atoms with Crippen molar-refractivity contribution in [1.82, 2.24) is 4.98 Å². The van der Waals surface area contributed by atoms with Gasteiger partial charge in [-0.2, -0.15) is 5.26 Å². The van der Waals surface area contributed by atoms with Crippen LogP contribution < -0.4 is 10.6 Å². The molecule has 1 amide bonds. The molecule has 1 atom stereocenters. The fourth-order valence-electron chi connectivity index (χ4n) is 3.42. The lowest BCUT2D eigenvalue weighted by molar-refractivity contribution is 0.0343. The number of benzene rings is 1. The molecule has 1 fully saturated rings. The van der Waals surface area contributed by atoms with E-state index in [-0.39, 0.29) is 33.9 Å². The predicted molar refractivity (Wildman–Crippen MR) is 118 cm³/mol. The van der Waals surface area contributed by atoms with Crippen LogP contribution in [-0.2, 0) is 4.74 Å². The number of nitriles is 1. The van der Waals surface area contributed by atoms with Gasteiger partial charge in [0.1, 0.15) is 28.9 Å². The zero-order valence-electron chi connectivity index (χ0n) is 17.6. The molecular formula is C22H22ClF2N5O2. The number of nitrogens with one attached hydrogen (secondary N) is 3. The van der Waals surface area contributed by atoms with Gasteiger partial charge in [0.2, 0.25) is 0 Å². The van der Waals surface area contributed by atoms with Gasteiger partial charge in [-0.1, -0.05) is 11.6 Å². The number of hydrogen-bond acceptors (Lipinski definition) is 6. The van der Waals surface area contributed by atoms with Crippen LogP contribution in [0.15, 0.2) is 18.2 Å². The molecule has 0 spiro atoms. The monoisotopic (exact) mass is 461 g/mol. The highest BCUT2D eigenvalue weighted by Gasteiger charge is 2.22. The van der Waals surface area contributed by atoms with Gasteiger partial charge in [-0.05, 0) is 62.4 Å². The Balaban J connectivity index is 1.90. The quantitative estimate of drug-likeness (QED) is 0.412. The van der Waals surface area contributed by atoms with Crippen molar-refractivity contribution < 1.29 is 18.3 Å². The molecule has 1 aromatic heterocycles. The SMILES string of the molecule is Cc1c(C(=O)Nc2ccc(NC3CCCCO3)c(C(=N)C(F)F)c2)nc(Cl)c(C#N)c1C. The van der Waals surface area contributed by atoms with Gasteiger partial charge in [-0.25, -0.2) is 13.8 Å². The van der Waals surface area contributed by atoms with Crippen LogP contribution in [0.5, 0.6) is 0 Å². The van der Waals surface area contributed by atoms with Crippen molar-refractivity contribution >= 4 is 34.6 Å². The zero-order chi connectivity index (χ0) is 23.4. The number of carbonyl (C=O) groups excluding carboxylic acids is 1. The van der Waals surface area contributed by atoms with Gasteiger partial charge in [0.15, 0.2) is 0 Å². The van der Waals surface area contributed by atoms with Gasteiger partial charge in [0, 0.05) is 23.5 Å². The first-order valence-corrected chi connectivity index (χ1v) is 10.4. The third-order valence-corrected chi connectivity index (χ3v) is 5.59. The number of aromatic nitrogens is 1. The summed E-state index contributed by atoms with van der Waals surface area (Å²) in [5.74, 6) is -0.608. The van der Waals surface area contributed by atoms with Crippen molar-refractivity contribution in [2.45, 2.75) is 45.8 Å². The molecular weight excluding hydrogens is 440 g/mol. The average molecular weight is 462 g/mol. The van der Waals surface area contributed by atoms with Crippen LogP contribution in [0.2, 0.25) is 5.15 Å². The molecule has 1 saturated heterocycles. The Morgan fingerprint density at radius 3 is 2.72 bits per heavy atom. The summed E-state index contributed by atoms with van der Waals surface area (Å²) < 4.78 is 32.2. The number of pyridine rings is 1. The van der Waals surface area contributed by atoms with Crippen molar-refractivity contribution in [2.24, 2.45) is 0 Å². The Bertz CT molecular complexity index is 1090. The Kier molecular flexibility index (Phi) is 7.38. The maximum Gasteiger partial charge on any atom is 0.280 e. The van der Waals surface area contributed by atoms with Crippen LogP contribution in [0.1, 0.15) is 52.0 Å². The summed E-state index contributed by atoms with van der Waals surface area (Å²) in [7, 11) is 0. The summed E-state index contributed by atoms with van der Waals surface area (Å²) in [5.41, 5.74) is 0.860.